The summed E-state index contributed by atoms with van der Waals surface area (Å²) in [6, 6.07) is 0.190. The molecule has 2 aliphatic heterocycles. The first-order chi connectivity index (χ1) is 7.99. The van der Waals surface area contributed by atoms with E-state index in [1.165, 1.54) is 5.06 Å². The third-order valence-corrected chi connectivity index (χ3v) is 3.05. The maximum atomic E-state index is 11.6. The first-order valence-corrected chi connectivity index (χ1v) is 5.93. The highest BCUT2D eigenvalue weighted by Gasteiger charge is 2.43. The number of hydroxylamine groups is 2. The zero-order chi connectivity index (χ0) is 12.5. The quantitative estimate of drug-likeness (QED) is 0.611. The maximum absolute atomic E-state index is 11.6. The number of hydrogen-bond acceptors (Lipinski definition) is 6. The standard InChI is InChI=1S/C11H18N2O4/c1-8-6-13-11(2,7-12-8)16-9(14)4-3-5-10(15)17-13/h8,12H,3-7H2,1-2H3. The van der Waals surface area contributed by atoms with Crippen LogP contribution in [0.25, 0.3) is 0 Å². The second kappa shape index (κ2) is 4.62. The molecule has 2 fully saturated rings. The number of fused-ring (bicyclic) bond motifs is 1. The minimum Gasteiger partial charge on any atom is -0.439 e. The fraction of sp³-hybridized carbons (Fsp3) is 0.818. The molecule has 2 aliphatic rings. The monoisotopic (exact) mass is 242 g/mol. The molecule has 0 spiro atoms. The van der Waals surface area contributed by atoms with Crippen molar-refractivity contribution in [3.63, 3.8) is 0 Å². The van der Waals surface area contributed by atoms with Crippen molar-refractivity contribution in [3.05, 3.63) is 0 Å². The Bertz CT molecular complexity index is 333. The Morgan fingerprint density at radius 1 is 1.35 bits per heavy atom. The first-order valence-electron chi connectivity index (χ1n) is 5.93. The van der Waals surface area contributed by atoms with Crippen LogP contribution in [0.4, 0.5) is 0 Å². The molecular weight excluding hydrogens is 224 g/mol. The highest BCUT2D eigenvalue weighted by Crippen LogP contribution is 2.24. The van der Waals surface area contributed by atoms with E-state index in [-0.39, 0.29) is 30.8 Å². The largest absolute Gasteiger partial charge is 0.439 e. The van der Waals surface area contributed by atoms with Crippen molar-refractivity contribution < 1.29 is 19.2 Å². The zero-order valence-electron chi connectivity index (χ0n) is 10.2. The number of nitrogens with zero attached hydrogens (tertiary/aromatic N) is 1. The van der Waals surface area contributed by atoms with E-state index in [1.54, 1.807) is 6.92 Å². The van der Waals surface area contributed by atoms with E-state index >= 15 is 0 Å². The van der Waals surface area contributed by atoms with Gasteiger partial charge in [0.2, 0.25) is 5.72 Å². The van der Waals surface area contributed by atoms with Crippen LogP contribution in [0.3, 0.4) is 0 Å². The van der Waals surface area contributed by atoms with Crippen molar-refractivity contribution in [1.29, 1.82) is 0 Å². The Labute approximate surface area is 100 Å². The smallest absolute Gasteiger partial charge is 0.325 e. The molecule has 0 amide bonds. The molecule has 1 N–H and O–H groups in total. The molecule has 0 saturated carbocycles. The Morgan fingerprint density at radius 2 is 2.06 bits per heavy atom. The third kappa shape index (κ3) is 2.76. The minimum atomic E-state index is -0.899. The predicted molar refractivity (Wildman–Crippen MR) is 58.6 cm³/mol. The van der Waals surface area contributed by atoms with Crippen LogP contribution in [0.15, 0.2) is 0 Å². The van der Waals surface area contributed by atoms with Crippen molar-refractivity contribution in [2.45, 2.75) is 44.9 Å². The van der Waals surface area contributed by atoms with Crippen LogP contribution in [0.1, 0.15) is 33.1 Å². The normalized spacial score (nSPS) is 36.0. The predicted octanol–water partition coefficient (Wildman–Crippen LogP) is 0.182. The van der Waals surface area contributed by atoms with Crippen molar-refractivity contribution in [1.82, 2.24) is 10.4 Å². The van der Waals surface area contributed by atoms with Gasteiger partial charge in [-0.3, -0.25) is 9.59 Å². The van der Waals surface area contributed by atoms with Gasteiger partial charge in [0, 0.05) is 18.9 Å². The molecule has 2 unspecified atom stereocenters. The molecule has 2 rings (SSSR count). The Morgan fingerprint density at radius 3 is 2.82 bits per heavy atom. The van der Waals surface area contributed by atoms with Gasteiger partial charge in [0.25, 0.3) is 0 Å². The molecule has 96 valence electrons. The van der Waals surface area contributed by atoms with Crippen molar-refractivity contribution in [2.24, 2.45) is 0 Å². The van der Waals surface area contributed by atoms with E-state index in [9.17, 15) is 9.59 Å². The molecule has 0 aromatic carbocycles. The molecule has 0 aliphatic carbocycles. The average Bonchev–Trinajstić information content (AvgIpc) is 2.28. The van der Waals surface area contributed by atoms with Gasteiger partial charge in [0.15, 0.2) is 0 Å². The number of carbonyl (C=O) groups excluding carboxylic acids is 2. The van der Waals surface area contributed by atoms with Crippen LogP contribution in [-0.2, 0) is 19.2 Å². The van der Waals surface area contributed by atoms with Gasteiger partial charge in [-0.2, -0.15) is 0 Å². The molecule has 2 saturated heterocycles. The summed E-state index contributed by atoms with van der Waals surface area (Å²) in [7, 11) is 0. The van der Waals surface area contributed by atoms with Crippen molar-refractivity contribution in [2.75, 3.05) is 13.1 Å². The fourth-order valence-corrected chi connectivity index (χ4v) is 2.02. The molecule has 0 bridgehead atoms. The summed E-state index contributed by atoms with van der Waals surface area (Å²) in [5.74, 6) is -0.587. The fourth-order valence-electron chi connectivity index (χ4n) is 2.02. The SMILES string of the molecule is CC1CN2OC(=O)CCCC(=O)OC2(C)CN1. The maximum Gasteiger partial charge on any atom is 0.325 e. The number of hydrogen-bond donors (Lipinski definition) is 1. The summed E-state index contributed by atoms with van der Waals surface area (Å²) in [6.07, 6.45) is 0.988. The highest BCUT2D eigenvalue weighted by atomic mass is 16.7. The summed E-state index contributed by atoms with van der Waals surface area (Å²) in [5, 5.41) is 4.70. The van der Waals surface area contributed by atoms with Crippen LogP contribution >= 0.6 is 0 Å². The van der Waals surface area contributed by atoms with Crippen LogP contribution in [0.5, 0.6) is 0 Å². The van der Waals surface area contributed by atoms with Gasteiger partial charge in [-0.15, -0.1) is 0 Å². The molecule has 2 atom stereocenters. The van der Waals surface area contributed by atoms with Crippen molar-refractivity contribution >= 4 is 11.9 Å². The van der Waals surface area contributed by atoms with E-state index < -0.39 is 5.72 Å². The lowest BCUT2D eigenvalue weighted by molar-refractivity contribution is -0.287. The van der Waals surface area contributed by atoms with Gasteiger partial charge in [0.1, 0.15) is 0 Å². The summed E-state index contributed by atoms with van der Waals surface area (Å²) in [6.45, 7) is 4.70. The summed E-state index contributed by atoms with van der Waals surface area (Å²) >= 11 is 0. The van der Waals surface area contributed by atoms with Crippen LogP contribution in [0.2, 0.25) is 0 Å². The Hall–Kier alpha value is -1.14. The molecule has 0 aromatic rings. The van der Waals surface area contributed by atoms with Gasteiger partial charge in [-0.25, -0.2) is 0 Å². The van der Waals surface area contributed by atoms with Gasteiger partial charge in [-0.1, -0.05) is 5.06 Å². The number of ether oxygens (including phenoxy) is 1. The lowest BCUT2D eigenvalue weighted by Gasteiger charge is -2.43. The number of rotatable bonds is 0. The second-order valence-corrected chi connectivity index (χ2v) is 4.81. The van der Waals surface area contributed by atoms with Gasteiger partial charge >= 0.3 is 11.9 Å². The Kier molecular flexibility index (Phi) is 3.35. The molecule has 17 heavy (non-hydrogen) atoms. The van der Waals surface area contributed by atoms with Crippen LogP contribution in [0, 0.1) is 0 Å². The lowest BCUT2D eigenvalue weighted by Crippen LogP contribution is -2.64. The van der Waals surface area contributed by atoms with E-state index in [2.05, 4.69) is 5.32 Å². The number of carbonyl (C=O) groups is 2. The van der Waals surface area contributed by atoms with Crippen LogP contribution in [-0.4, -0.2) is 41.9 Å². The number of esters is 1. The van der Waals surface area contributed by atoms with Gasteiger partial charge < -0.3 is 14.9 Å². The van der Waals surface area contributed by atoms with Crippen LogP contribution < -0.4 is 5.32 Å². The second-order valence-electron chi connectivity index (χ2n) is 4.81. The molecule has 0 aromatic heterocycles. The molecule has 0 radical (unpaired) electrons. The lowest BCUT2D eigenvalue weighted by atomic mass is 10.1. The molecule has 6 heteroatoms. The number of nitrogens with one attached hydrogen (secondary N) is 1. The minimum absolute atomic E-state index is 0.190. The Balaban J connectivity index is 2.19. The van der Waals surface area contributed by atoms with Crippen molar-refractivity contribution in [3.8, 4) is 0 Å². The molecule has 6 nitrogen and oxygen atoms in total. The average molecular weight is 242 g/mol. The van der Waals surface area contributed by atoms with E-state index in [0.717, 1.165) is 0 Å². The summed E-state index contributed by atoms with van der Waals surface area (Å²) in [5.41, 5.74) is -0.899. The molecule has 2 heterocycles. The van der Waals surface area contributed by atoms with E-state index in [1.807, 2.05) is 6.92 Å². The van der Waals surface area contributed by atoms with Gasteiger partial charge in [-0.05, 0) is 20.3 Å². The molecular formula is C11H18N2O4. The summed E-state index contributed by atoms with van der Waals surface area (Å²) in [4.78, 5) is 28.4. The zero-order valence-corrected chi connectivity index (χ0v) is 10.2. The third-order valence-electron chi connectivity index (χ3n) is 3.05. The topological polar surface area (TPSA) is 67.9 Å². The first kappa shape index (κ1) is 12.3. The van der Waals surface area contributed by atoms with E-state index in [0.29, 0.717) is 19.5 Å². The van der Waals surface area contributed by atoms with E-state index in [4.69, 9.17) is 9.57 Å². The summed E-state index contributed by atoms with van der Waals surface area (Å²) < 4.78 is 5.41. The highest BCUT2D eigenvalue weighted by molar-refractivity contribution is 5.73. The number of piperazine rings is 1. The van der Waals surface area contributed by atoms with Gasteiger partial charge in [0.05, 0.1) is 13.1 Å².